The maximum absolute atomic E-state index is 12.1. The molecule has 0 aliphatic heterocycles. The molecule has 1 aromatic heterocycles. The smallest absolute Gasteiger partial charge is 0.406 e. The third kappa shape index (κ3) is 4.96. The monoisotopic (exact) mass is 330 g/mol. The van der Waals surface area contributed by atoms with Crippen LogP contribution in [0.5, 0.6) is 5.75 Å². The molecule has 0 saturated heterocycles. The predicted octanol–water partition coefficient (Wildman–Crippen LogP) is 4.53. The fraction of sp³-hybridized carbons (Fsp3) is 0.214. The molecular weight excluding hydrogens is 317 g/mol. The number of amides is 2. The van der Waals surface area contributed by atoms with E-state index in [0.29, 0.717) is 0 Å². The molecule has 0 aliphatic carbocycles. The third-order valence-electron chi connectivity index (χ3n) is 2.64. The van der Waals surface area contributed by atoms with Crippen LogP contribution in [0.1, 0.15) is 17.8 Å². The molecule has 1 heterocycles. The van der Waals surface area contributed by atoms with E-state index in [9.17, 15) is 18.0 Å². The zero-order valence-electron chi connectivity index (χ0n) is 11.5. The maximum Gasteiger partial charge on any atom is 0.573 e. The first kappa shape index (κ1) is 16.2. The second kappa shape index (κ2) is 6.69. The number of carbonyl (C=O) groups is 1. The van der Waals surface area contributed by atoms with Crippen molar-refractivity contribution < 1.29 is 22.7 Å². The van der Waals surface area contributed by atoms with Crippen molar-refractivity contribution >= 4 is 23.1 Å². The molecular formula is C14H13F3N2O2S. The summed E-state index contributed by atoms with van der Waals surface area (Å²) in [6.07, 6.45) is -4.77. The predicted molar refractivity (Wildman–Crippen MR) is 78.0 cm³/mol. The highest BCUT2D eigenvalue weighted by molar-refractivity contribution is 7.10. The number of hydrogen-bond acceptors (Lipinski definition) is 3. The molecule has 0 fully saturated rings. The minimum Gasteiger partial charge on any atom is -0.406 e. The lowest BCUT2D eigenvalue weighted by Crippen LogP contribution is -2.30. The summed E-state index contributed by atoms with van der Waals surface area (Å²) in [6.45, 7) is 1.81. The van der Waals surface area contributed by atoms with Gasteiger partial charge in [-0.25, -0.2) is 4.79 Å². The van der Waals surface area contributed by atoms with Crippen molar-refractivity contribution in [3.05, 3.63) is 46.7 Å². The van der Waals surface area contributed by atoms with Gasteiger partial charge in [-0.05, 0) is 30.5 Å². The number of rotatable bonds is 4. The number of benzene rings is 1. The van der Waals surface area contributed by atoms with E-state index in [-0.39, 0.29) is 11.7 Å². The Labute approximate surface area is 128 Å². The summed E-state index contributed by atoms with van der Waals surface area (Å²) in [5.74, 6) is -0.392. The average molecular weight is 330 g/mol. The van der Waals surface area contributed by atoms with Crippen LogP contribution in [-0.2, 0) is 0 Å². The zero-order chi connectivity index (χ0) is 16.2. The lowest BCUT2D eigenvalue weighted by Gasteiger charge is -2.14. The van der Waals surface area contributed by atoms with Gasteiger partial charge in [-0.15, -0.1) is 24.5 Å². The first-order valence-corrected chi connectivity index (χ1v) is 7.18. The van der Waals surface area contributed by atoms with E-state index < -0.39 is 18.1 Å². The van der Waals surface area contributed by atoms with Crippen LogP contribution >= 0.6 is 11.3 Å². The number of urea groups is 1. The second-order valence-electron chi connectivity index (χ2n) is 4.41. The molecule has 4 nitrogen and oxygen atoms in total. The van der Waals surface area contributed by atoms with Crippen LogP contribution < -0.4 is 15.4 Å². The fourth-order valence-corrected chi connectivity index (χ4v) is 2.48. The molecule has 8 heteroatoms. The number of halogens is 3. The molecule has 0 saturated carbocycles. The van der Waals surface area contributed by atoms with Crippen LogP contribution in [0.3, 0.4) is 0 Å². The molecule has 2 rings (SSSR count). The van der Waals surface area contributed by atoms with E-state index in [2.05, 4.69) is 15.4 Å². The Morgan fingerprint density at radius 2 is 2.05 bits per heavy atom. The molecule has 0 unspecified atom stereocenters. The van der Waals surface area contributed by atoms with Gasteiger partial charge in [-0.3, -0.25) is 0 Å². The quantitative estimate of drug-likeness (QED) is 0.865. The van der Waals surface area contributed by atoms with E-state index in [1.807, 2.05) is 24.4 Å². The van der Waals surface area contributed by atoms with Crippen LogP contribution in [0.4, 0.5) is 23.7 Å². The van der Waals surface area contributed by atoms with E-state index in [4.69, 9.17) is 0 Å². The van der Waals surface area contributed by atoms with Gasteiger partial charge in [0.15, 0.2) is 0 Å². The van der Waals surface area contributed by atoms with Crippen molar-refractivity contribution in [2.75, 3.05) is 5.32 Å². The number of alkyl halides is 3. The lowest BCUT2D eigenvalue weighted by molar-refractivity contribution is -0.274. The summed E-state index contributed by atoms with van der Waals surface area (Å²) in [5.41, 5.74) is 0.206. The highest BCUT2D eigenvalue weighted by Gasteiger charge is 2.31. The van der Waals surface area contributed by atoms with Crippen molar-refractivity contribution in [2.24, 2.45) is 0 Å². The maximum atomic E-state index is 12.1. The fourth-order valence-electron chi connectivity index (χ4n) is 1.74. The Balaban J connectivity index is 1.95. The van der Waals surface area contributed by atoms with Crippen LogP contribution in [0.15, 0.2) is 41.8 Å². The molecule has 1 aromatic carbocycles. The molecule has 2 aromatic rings. The van der Waals surface area contributed by atoms with Gasteiger partial charge in [0.1, 0.15) is 5.75 Å². The average Bonchev–Trinajstić information content (AvgIpc) is 2.90. The van der Waals surface area contributed by atoms with Gasteiger partial charge in [0.25, 0.3) is 0 Å². The van der Waals surface area contributed by atoms with E-state index in [1.165, 1.54) is 23.5 Å². The van der Waals surface area contributed by atoms with Gasteiger partial charge in [-0.1, -0.05) is 12.1 Å². The molecule has 0 spiro atoms. The number of anilines is 1. The Morgan fingerprint density at radius 3 is 2.68 bits per heavy atom. The third-order valence-corrected chi connectivity index (χ3v) is 3.70. The SMILES string of the molecule is C[C@@H](NC(=O)Nc1cccc(OC(F)(F)F)c1)c1cccs1. The summed E-state index contributed by atoms with van der Waals surface area (Å²) in [6, 6.07) is 8.13. The van der Waals surface area contributed by atoms with E-state index in [0.717, 1.165) is 17.0 Å². The van der Waals surface area contributed by atoms with Gasteiger partial charge in [0.05, 0.1) is 6.04 Å². The Morgan fingerprint density at radius 1 is 1.27 bits per heavy atom. The zero-order valence-corrected chi connectivity index (χ0v) is 12.3. The van der Waals surface area contributed by atoms with Gasteiger partial charge in [-0.2, -0.15) is 0 Å². The van der Waals surface area contributed by atoms with Crippen LogP contribution in [0, 0.1) is 0 Å². The van der Waals surface area contributed by atoms with Crippen molar-refractivity contribution in [1.29, 1.82) is 0 Å². The highest BCUT2D eigenvalue weighted by atomic mass is 32.1. The van der Waals surface area contributed by atoms with E-state index in [1.54, 1.807) is 0 Å². The largest absolute Gasteiger partial charge is 0.573 e. The molecule has 0 radical (unpaired) electrons. The summed E-state index contributed by atoms with van der Waals surface area (Å²) in [4.78, 5) is 12.8. The number of hydrogen-bond donors (Lipinski definition) is 2. The van der Waals surface area contributed by atoms with Crippen LogP contribution in [0.2, 0.25) is 0 Å². The van der Waals surface area contributed by atoms with Crippen LogP contribution in [0.25, 0.3) is 0 Å². The molecule has 118 valence electrons. The Bertz CT molecular complexity index is 629. The summed E-state index contributed by atoms with van der Waals surface area (Å²) >= 11 is 1.50. The van der Waals surface area contributed by atoms with Gasteiger partial charge in [0, 0.05) is 16.6 Å². The van der Waals surface area contributed by atoms with Crippen molar-refractivity contribution in [2.45, 2.75) is 19.3 Å². The van der Waals surface area contributed by atoms with E-state index >= 15 is 0 Å². The standard InChI is InChI=1S/C14H13F3N2O2S/c1-9(12-6-3-7-22-12)18-13(20)19-10-4-2-5-11(8-10)21-14(15,16)17/h2-9H,1H3,(H2,18,19,20)/t9-/m1/s1. The Kier molecular flexibility index (Phi) is 4.92. The molecule has 1 atom stereocenters. The molecule has 2 amide bonds. The normalized spacial score (nSPS) is 12.5. The van der Waals surface area contributed by atoms with Crippen molar-refractivity contribution in [1.82, 2.24) is 5.32 Å². The van der Waals surface area contributed by atoms with Crippen molar-refractivity contribution in [3.8, 4) is 5.75 Å². The molecule has 22 heavy (non-hydrogen) atoms. The molecule has 0 aliphatic rings. The number of thiophene rings is 1. The Hall–Kier alpha value is -2.22. The molecule has 0 bridgehead atoms. The summed E-state index contributed by atoms with van der Waals surface area (Å²) < 4.78 is 40.2. The highest BCUT2D eigenvalue weighted by Crippen LogP contribution is 2.25. The second-order valence-corrected chi connectivity index (χ2v) is 5.39. The summed E-state index contributed by atoms with van der Waals surface area (Å²) in [5, 5.41) is 7.06. The first-order valence-electron chi connectivity index (χ1n) is 6.30. The number of nitrogens with one attached hydrogen (secondary N) is 2. The minimum atomic E-state index is -4.77. The lowest BCUT2D eigenvalue weighted by atomic mass is 10.3. The minimum absolute atomic E-state index is 0.199. The first-order chi connectivity index (χ1) is 10.3. The van der Waals surface area contributed by atoms with Crippen LogP contribution in [-0.4, -0.2) is 12.4 Å². The summed E-state index contributed by atoms with van der Waals surface area (Å²) in [7, 11) is 0. The molecule has 2 N–H and O–H groups in total. The van der Waals surface area contributed by atoms with Crippen molar-refractivity contribution in [3.63, 3.8) is 0 Å². The van der Waals surface area contributed by atoms with Gasteiger partial charge < -0.3 is 15.4 Å². The van der Waals surface area contributed by atoms with Gasteiger partial charge in [0.2, 0.25) is 0 Å². The number of ether oxygens (including phenoxy) is 1. The van der Waals surface area contributed by atoms with Gasteiger partial charge >= 0.3 is 12.4 Å². The topological polar surface area (TPSA) is 50.4 Å². The number of carbonyl (C=O) groups excluding carboxylic acids is 1.